The molecule has 2 atom stereocenters. The number of hydrogen-bond acceptors (Lipinski definition) is 3. The van der Waals surface area contributed by atoms with Gasteiger partial charge in [-0.25, -0.2) is 0 Å². The van der Waals surface area contributed by atoms with Gasteiger partial charge in [-0.1, -0.05) is 52.2 Å². The standard InChI is InChI=1S/C21H34O2S/c1-16(2)17(3)19-10-12-20(13-11-19)23-18(4)22-14-15-24-21-8-6-5-7-9-21/h10-13,16-18,21H,5-9,14-15H2,1-4H3. The van der Waals surface area contributed by atoms with Crippen LogP contribution in [0.2, 0.25) is 0 Å². The molecule has 2 nitrogen and oxygen atoms in total. The van der Waals surface area contributed by atoms with E-state index in [9.17, 15) is 0 Å². The Labute approximate surface area is 152 Å². The molecule has 1 saturated carbocycles. The average molecular weight is 351 g/mol. The van der Waals surface area contributed by atoms with E-state index in [2.05, 4.69) is 56.8 Å². The molecular weight excluding hydrogens is 316 g/mol. The van der Waals surface area contributed by atoms with Gasteiger partial charge >= 0.3 is 0 Å². The van der Waals surface area contributed by atoms with Gasteiger partial charge in [0.2, 0.25) is 0 Å². The summed E-state index contributed by atoms with van der Waals surface area (Å²) in [6, 6.07) is 8.47. The first-order chi connectivity index (χ1) is 11.6. The average Bonchev–Trinajstić information content (AvgIpc) is 2.59. The van der Waals surface area contributed by atoms with Crippen molar-refractivity contribution in [2.45, 2.75) is 77.3 Å². The zero-order valence-electron chi connectivity index (χ0n) is 15.8. The van der Waals surface area contributed by atoms with Crippen molar-refractivity contribution in [2.24, 2.45) is 5.92 Å². The Morgan fingerprint density at radius 1 is 1.00 bits per heavy atom. The number of thioether (sulfide) groups is 1. The second-order valence-corrected chi connectivity index (χ2v) is 8.70. The van der Waals surface area contributed by atoms with Crippen molar-refractivity contribution in [2.75, 3.05) is 12.4 Å². The van der Waals surface area contributed by atoms with Gasteiger partial charge < -0.3 is 9.47 Å². The molecule has 1 fully saturated rings. The van der Waals surface area contributed by atoms with Crippen molar-refractivity contribution in [1.29, 1.82) is 0 Å². The summed E-state index contributed by atoms with van der Waals surface area (Å²) in [4.78, 5) is 0. The zero-order chi connectivity index (χ0) is 17.4. The largest absolute Gasteiger partial charge is 0.465 e. The highest BCUT2D eigenvalue weighted by molar-refractivity contribution is 7.99. The Balaban J connectivity index is 1.65. The molecule has 0 amide bonds. The molecule has 0 aliphatic heterocycles. The maximum absolute atomic E-state index is 5.87. The van der Waals surface area contributed by atoms with Crippen LogP contribution in [0.1, 0.15) is 71.3 Å². The van der Waals surface area contributed by atoms with Gasteiger partial charge in [0.15, 0.2) is 6.29 Å². The molecule has 2 rings (SSSR count). The third kappa shape index (κ3) is 6.68. The molecule has 1 aromatic carbocycles. The van der Waals surface area contributed by atoms with Gasteiger partial charge in [-0.15, -0.1) is 0 Å². The fraction of sp³-hybridized carbons (Fsp3) is 0.714. The van der Waals surface area contributed by atoms with E-state index in [1.807, 2.05) is 6.92 Å². The smallest absolute Gasteiger partial charge is 0.197 e. The Kier molecular flexibility index (Phi) is 8.48. The summed E-state index contributed by atoms with van der Waals surface area (Å²) in [5.74, 6) is 3.19. The number of benzene rings is 1. The van der Waals surface area contributed by atoms with Gasteiger partial charge in [0.05, 0.1) is 6.61 Å². The van der Waals surface area contributed by atoms with Crippen molar-refractivity contribution in [3.63, 3.8) is 0 Å². The van der Waals surface area contributed by atoms with Crippen molar-refractivity contribution in [3.8, 4) is 5.75 Å². The lowest BCUT2D eigenvalue weighted by Crippen LogP contribution is -2.19. The highest BCUT2D eigenvalue weighted by atomic mass is 32.2. The van der Waals surface area contributed by atoms with Crippen molar-refractivity contribution < 1.29 is 9.47 Å². The lowest BCUT2D eigenvalue weighted by Gasteiger charge is -2.21. The van der Waals surface area contributed by atoms with Crippen LogP contribution >= 0.6 is 11.8 Å². The Morgan fingerprint density at radius 2 is 1.67 bits per heavy atom. The van der Waals surface area contributed by atoms with Gasteiger partial charge in [0, 0.05) is 11.0 Å². The maximum Gasteiger partial charge on any atom is 0.197 e. The summed E-state index contributed by atoms with van der Waals surface area (Å²) >= 11 is 2.07. The van der Waals surface area contributed by atoms with E-state index in [1.165, 1.54) is 37.7 Å². The fourth-order valence-electron chi connectivity index (χ4n) is 3.12. The van der Waals surface area contributed by atoms with E-state index in [0.717, 1.165) is 23.4 Å². The van der Waals surface area contributed by atoms with E-state index >= 15 is 0 Å². The highest BCUT2D eigenvalue weighted by Crippen LogP contribution is 2.28. The maximum atomic E-state index is 5.87. The molecular formula is C21H34O2S. The lowest BCUT2D eigenvalue weighted by atomic mass is 9.90. The van der Waals surface area contributed by atoms with E-state index < -0.39 is 0 Å². The second kappa shape index (κ2) is 10.4. The Hall–Kier alpha value is -0.670. The molecule has 136 valence electrons. The topological polar surface area (TPSA) is 18.5 Å². The molecule has 0 saturated heterocycles. The Bertz CT molecular complexity index is 451. The quantitative estimate of drug-likeness (QED) is 0.387. The van der Waals surface area contributed by atoms with Crippen molar-refractivity contribution in [1.82, 2.24) is 0 Å². The minimum atomic E-state index is -0.190. The van der Waals surface area contributed by atoms with Gasteiger partial charge in [-0.3, -0.25) is 0 Å². The van der Waals surface area contributed by atoms with Gasteiger partial charge in [-0.05, 0) is 49.3 Å². The fourth-order valence-corrected chi connectivity index (χ4v) is 4.31. The zero-order valence-corrected chi connectivity index (χ0v) is 16.6. The van der Waals surface area contributed by atoms with Crippen LogP contribution in [0.3, 0.4) is 0 Å². The first-order valence-corrected chi connectivity index (χ1v) is 10.6. The van der Waals surface area contributed by atoms with Gasteiger partial charge in [-0.2, -0.15) is 11.8 Å². The molecule has 2 unspecified atom stereocenters. The molecule has 1 aliphatic rings. The summed E-state index contributed by atoms with van der Waals surface area (Å²) in [6.07, 6.45) is 6.82. The highest BCUT2D eigenvalue weighted by Gasteiger charge is 2.14. The van der Waals surface area contributed by atoms with Crippen LogP contribution < -0.4 is 4.74 Å². The molecule has 0 bridgehead atoms. The van der Waals surface area contributed by atoms with Crippen LogP contribution in [0, 0.1) is 5.92 Å². The summed E-state index contributed by atoms with van der Waals surface area (Å²) in [5.41, 5.74) is 1.37. The molecule has 1 aromatic rings. The lowest BCUT2D eigenvalue weighted by molar-refractivity contribution is -0.0602. The first-order valence-electron chi connectivity index (χ1n) is 9.56. The minimum absolute atomic E-state index is 0.190. The van der Waals surface area contributed by atoms with Crippen LogP contribution in [0.4, 0.5) is 0 Å². The molecule has 0 N–H and O–H groups in total. The van der Waals surface area contributed by atoms with Crippen molar-refractivity contribution in [3.05, 3.63) is 29.8 Å². The molecule has 1 aliphatic carbocycles. The molecule has 3 heteroatoms. The third-order valence-corrected chi connectivity index (χ3v) is 6.39. The normalized spacial score (nSPS) is 18.5. The van der Waals surface area contributed by atoms with Crippen LogP contribution in [0.5, 0.6) is 5.75 Å². The van der Waals surface area contributed by atoms with Crippen molar-refractivity contribution >= 4 is 11.8 Å². The van der Waals surface area contributed by atoms with Gasteiger partial charge in [0.1, 0.15) is 5.75 Å². The molecule has 0 heterocycles. The van der Waals surface area contributed by atoms with Crippen LogP contribution in [0.25, 0.3) is 0 Å². The van der Waals surface area contributed by atoms with Gasteiger partial charge in [0.25, 0.3) is 0 Å². The third-order valence-electron chi connectivity index (χ3n) is 5.05. The molecule has 24 heavy (non-hydrogen) atoms. The number of rotatable bonds is 9. The summed E-state index contributed by atoms with van der Waals surface area (Å²) in [5, 5.41) is 0.856. The molecule has 0 radical (unpaired) electrons. The Morgan fingerprint density at radius 3 is 2.29 bits per heavy atom. The first kappa shape index (κ1) is 19.7. The van der Waals surface area contributed by atoms with Crippen LogP contribution in [-0.2, 0) is 4.74 Å². The molecule has 0 aromatic heterocycles. The second-order valence-electron chi connectivity index (χ2n) is 7.29. The SMILES string of the molecule is CC(OCCSC1CCCCC1)Oc1ccc(C(C)C(C)C)cc1. The van der Waals surface area contributed by atoms with E-state index in [4.69, 9.17) is 9.47 Å². The number of hydrogen-bond donors (Lipinski definition) is 0. The minimum Gasteiger partial charge on any atom is -0.465 e. The predicted molar refractivity (Wildman–Crippen MR) is 105 cm³/mol. The predicted octanol–water partition coefficient (Wildman–Crippen LogP) is 6.25. The van der Waals surface area contributed by atoms with E-state index in [-0.39, 0.29) is 6.29 Å². The monoisotopic (exact) mass is 350 g/mol. The van der Waals surface area contributed by atoms with E-state index in [1.54, 1.807) is 0 Å². The molecule has 0 spiro atoms. The summed E-state index contributed by atoms with van der Waals surface area (Å²) < 4.78 is 11.7. The van der Waals surface area contributed by atoms with Crippen LogP contribution in [0.15, 0.2) is 24.3 Å². The number of ether oxygens (including phenoxy) is 2. The summed E-state index contributed by atoms with van der Waals surface area (Å²) in [7, 11) is 0. The summed E-state index contributed by atoms with van der Waals surface area (Å²) in [6.45, 7) is 9.55. The van der Waals surface area contributed by atoms with Crippen LogP contribution in [-0.4, -0.2) is 23.9 Å². The van der Waals surface area contributed by atoms with E-state index in [0.29, 0.717) is 11.8 Å².